The molecule has 4 heteroatoms. The molecule has 0 aliphatic rings. The van der Waals surface area contributed by atoms with E-state index in [1.165, 1.54) is 5.39 Å². The highest BCUT2D eigenvalue weighted by molar-refractivity contribution is 6.17. The van der Waals surface area contributed by atoms with E-state index in [9.17, 15) is 0 Å². The summed E-state index contributed by atoms with van der Waals surface area (Å²) in [5, 5.41) is 8.95. The van der Waals surface area contributed by atoms with E-state index < -0.39 is 0 Å². The highest BCUT2D eigenvalue weighted by Crippen LogP contribution is 2.45. The van der Waals surface area contributed by atoms with Crippen molar-refractivity contribution in [1.29, 1.82) is 0 Å². The zero-order valence-electron chi connectivity index (χ0n) is 30.1. The van der Waals surface area contributed by atoms with Crippen molar-refractivity contribution in [2.45, 2.75) is 0 Å². The molecule has 0 bridgehead atoms. The SMILES string of the molecule is c1ccc2c(c1)ccc1c3cccc(-c4ccc(N(c5ccc(-c6ccc7oc8ccccc8c7c6)cc5)c5cccc6oc7ccccc7c56)cc4)c3oc21. The van der Waals surface area contributed by atoms with Crippen LogP contribution in [0.4, 0.5) is 17.1 Å². The van der Waals surface area contributed by atoms with Gasteiger partial charge >= 0.3 is 0 Å². The quantitative estimate of drug-likeness (QED) is 0.178. The standard InChI is InChI=1S/C52H31NO3/c1-2-10-38-33(9-1)23-29-42-41-14-7-13-39(51(41)56-52(38)42)34-21-27-37(28-22-34)53(45-15-8-18-49-50(45)43-12-4-6-17-47(43)55-49)36-25-19-32(20-26-36)35-24-30-48-44(31-35)40-11-3-5-16-46(40)54-48/h1-31H. The van der Waals surface area contributed by atoms with Crippen LogP contribution < -0.4 is 4.90 Å². The number of hydrogen-bond acceptors (Lipinski definition) is 4. The van der Waals surface area contributed by atoms with Gasteiger partial charge in [0.15, 0.2) is 0 Å². The Labute approximate surface area is 321 Å². The maximum absolute atomic E-state index is 6.71. The Balaban J connectivity index is 0.993. The van der Waals surface area contributed by atoms with Crippen molar-refractivity contribution in [3.63, 3.8) is 0 Å². The topological polar surface area (TPSA) is 42.7 Å². The molecule has 0 saturated carbocycles. The molecule has 56 heavy (non-hydrogen) atoms. The first-order chi connectivity index (χ1) is 27.7. The van der Waals surface area contributed by atoms with Gasteiger partial charge in [-0.2, -0.15) is 0 Å². The molecule has 0 fully saturated rings. The Morgan fingerprint density at radius 2 is 0.911 bits per heavy atom. The van der Waals surface area contributed by atoms with Crippen LogP contribution in [0, 0.1) is 0 Å². The highest BCUT2D eigenvalue weighted by atomic mass is 16.3. The number of rotatable bonds is 5. The summed E-state index contributed by atoms with van der Waals surface area (Å²) in [5.74, 6) is 0. The Morgan fingerprint density at radius 1 is 0.321 bits per heavy atom. The van der Waals surface area contributed by atoms with E-state index in [1.807, 2.05) is 24.3 Å². The Bertz CT molecular complexity index is 3470. The summed E-state index contributed by atoms with van der Waals surface area (Å²) >= 11 is 0. The number of hydrogen-bond donors (Lipinski definition) is 0. The zero-order chi connectivity index (χ0) is 36.7. The molecule has 0 atom stereocenters. The van der Waals surface area contributed by atoms with Gasteiger partial charge in [-0.25, -0.2) is 0 Å². The van der Waals surface area contributed by atoms with Crippen LogP contribution in [-0.2, 0) is 0 Å². The molecule has 0 N–H and O–H groups in total. The molecule has 12 aromatic rings. The fraction of sp³-hybridized carbons (Fsp3) is 0. The number of anilines is 3. The maximum Gasteiger partial charge on any atom is 0.143 e. The summed E-state index contributed by atoms with van der Waals surface area (Å²) in [6.45, 7) is 0. The van der Waals surface area contributed by atoms with Crippen LogP contribution in [-0.4, -0.2) is 0 Å². The van der Waals surface area contributed by atoms with Crippen molar-refractivity contribution in [3.05, 3.63) is 188 Å². The van der Waals surface area contributed by atoms with E-state index in [-0.39, 0.29) is 0 Å². The van der Waals surface area contributed by atoms with Crippen LogP contribution in [0.25, 0.3) is 98.8 Å². The predicted molar refractivity (Wildman–Crippen MR) is 231 cm³/mol. The molecule has 0 unspecified atom stereocenters. The van der Waals surface area contributed by atoms with Crippen molar-refractivity contribution in [3.8, 4) is 22.3 Å². The minimum atomic E-state index is 0.853. The fourth-order valence-electron chi connectivity index (χ4n) is 8.62. The average molecular weight is 718 g/mol. The third-order valence-electron chi connectivity index (χ3n) is 11.3. The van der Waals surface area contributed by atoms with Gasteiger partial charge in [-0.3, -0.25) is 0 Å². The van der Waals surface area contributed by atoms with E-state index in [4.69, 9.17) is 13.3 Å². The number of benzene rings is 9. The lowest BCUT2D eigenvalue weighted by atomic mass is 10.00. The lowest BCUT2D eigenvalue weighted by molar-refractivity contribution is 0.668. The van der Waals surface area contributed by atoms with Crippen molar-refractivity contribution in [1.82, 2.24) is 0 Å². The third-order valence-corrected chi connectivity index (χ3v) is 11.3. The molecule has 0 amide bonds. The van der Waals surface area contributed by atoms with Crippen LogP contribution in [0.5, 0.6) is 0 Å². The molecule has 4 nitrogen and oxygen atoms in total. The minimum Gasteiger partial charge on any atom is -0.456 e. The van der Waals surface area contributed by atoms with E-state index >= 15 is 0 Å². The normalized spacial score (nSPS) is 11.9. The number of nitrogens with zero attached hydrogens (tertiary/aromatic N) is 1. The molecule has 9 aromatic carbocycles. The zero-order valence-corrected chi connectivity index (χ0v) is 30.1. The number of fused-ring (bicyclic) bond motifs is 11. The molecule has 0 aliphatic heterocycles. The van der Waals surface area contributed by atoms with Gasteiger partial charge in [0.05, 0.1) is 11.1 Å². The van der Waals surface area contributed by atoms with Crippen molar-refractivity contribution in [2.24, 2.45) is 0 Å². The number of para-hydroxylation sites is 3. The highest BCUT2D eigenvalue weighted by Gasteiger charge is 2.21. The van der Waals surface area contributed by atoms with Gasteiger partial charge in [0.2, 0.25) is 0 Å². The Morgan fingerprint density at radius 3 is 1.73 bits per heavy atom. The second-order valence-electron chi connectivity index (χ2n) is 14.4. The second kappa shape index (κ2) is 12.0. The average Bonchev–Trinajstić information content (AvgIpc) is 3.96. The van der Waals surface area contributed by atoms with Crippen molar-refractivity contribution < 1.29 is 13.3 Å². The minimum absolute atomic E-state index is 0.853. The van der Waals surface area contributed by atoms with E-state index in [0.717, 1.165) is 111 Å². The van der Waals surface area contributed by atoms with Crippen LogP contribution in [0.15, 0.2) is 201 Å². The maximum atomic E-state index is 6.71. The summed E-state index contributed by atoms with van der Waals surface area (Å²) < 4.78 is 19.2. The Hall–Kier alpha value is -7.56. The first-order valence-corrected chi connectivity index (χ1v) is 18.9. The third kappa shape index (κ3) is 4.66. The summed E-state index contributed by atoms with van der Waals surface area (Å²) in [5.41, 5.74) is 12.9. The fourth-order valence-corrected chi connectivity index (χ4v) is 8.62. The van der Waals surface area contributed by atoms with Crippen LogP contribution >= 0.6 is 0 Å². The van der Waals surface area contributed by atoms with Gasteiger partial charge < -0.3 is 18.2 Å². The summed E-state index contributed by atoms with van der Waals surface area (Å²) in [7, 11) is 0. The van der Waals surface area contributed by atoms with Gasteiger partial charge in [-0.1, -0.05) is 121 Å². The summed E-state index contributed by atoms with van der Waals surface area (Å²) in [6, 6.07) is 66.1. The lowest BCUT2D eigenvalue weighted by Gasteiger charge is -2.26. The van der Waals surface area contributed by atoms with Gasteiger partial charge in [-0.05, 0) is 88.8 Å². The molecule has 0 saturated heterocycles. The van der Waals surface area contributed by atoms with Gasteiger partial charge in [0.25, 0.3) is 0 Å². The first-order valence-electron chi connectivity index (χ1n) is 18.9. The lowest BCUT2D eigenvalue weighted by Crippen LogP contribution is -2.10. The van der Waals surface area contributed by atoms with E-state index in [0.29, 0.717) is 0 Å². The van der Waals surface area contributed by atoms with Crippen LogP contribution in [0.2, 0.25) is 0 Å². The largest absolute Gasteiger partial charge is 0.456 e. The smallest absolute Gasteiger partial charge is 0.143 e. The van der Waals surface area contributed by atoms with Gasteiger partial charge in [0.1, 0.15) is 33.5 Å². The van der Waals surface area contributed by atoms with Crippen LogP contribution in [0.1, 0.15) is 0 Å². The van der Waals surface area contributed by atoms with Crippen molar-refractivity contribution >= 4 is 93.7 Å². The Kier molecular flexibility index (Phi) is 6.60. The van der Waals surface area contributed by atoms with E-state index in [1.54, 1.807) is 0 Å². The van der Waals surface area contributed by atoms with Crippen molar-refractivity contribution in [2.75, 3.05) is 4.90 Å². The molecule has 0 radical (unpaired) electrons. The number of furan rings is 3. The molecule has 12 rings (SSSR count). The van der Waals surface area contributed by atoms with Gasteiger partial charge in [0, 0.05) is 49.3 Å². The molecule has 0 aliphatic carbocycles. The molecule has 3 heterocycles. The summed E-state index contributed by atoms with van der Waals surface area (Å²) in [6.07, 6.45) is 0. The monoisotopic (exact) mass is 717 g/mol. The first kappa shape index (κ1) is 30.9. The summed E-state index contributed by atoms with van der Waals surface area (Å²) in [4.78, 5) is 2.33. The molecule has 3 aromatic heterocycles. The van der Waals surface area contributed by atoms with E-state index in [2.05, 4.69) is 169 Å². The second-order valence-corrected chi connectivity index (χ2v) is 14.4. The molecular formula is C52H31NO3. The van der Waals surface area contributed by atoms with Gasteiger partial charge in [-0.15, -0.1) is 0 Å². The van der Waals surface area contributed by atoms with Crippen LogP contribution in [0.3, 0.4) is 0 Å². The molecule has 0 spiro atoms. The molecule has 262 valence electrons. The predicted octanol–water partition coefficient (Wildman–Crippen LogP) is 15.3. The molecular weight excluding hydrogens is 687 g/mol.